The second kappa shape index (κ2) is 3.44. The third-order valence-corrected chi connectivity index (χ3v) is 2.66. The quantitative estimate of drug-likeness (QED) is 0.761. The number of thiophene rings is 1. The first-order chi connectivity index (χ1) is 6.79. The maximum absolute atomic E-state index is 11.0. The van der Waals surface area contributed by atoms with Crippen molar-refractivity contribution in [3.63, 3.8) is 0 Å². The molecule has 0 spiro atoms. The SMILES string of the molecule is N#Cc1ccc(-c2cc(=O)[nH]cn2)s1. The summed E-state index contributed by atoms with van der Waals surface area (Å²) in [5.41, 5.74) is 0.405. The maximum Gasteiger partial charge on any atom is 0.251 e. The van der Waals surface area contributed by atoms with Crippen molar-refractivity contribution in [2.24, 2.45) is 0 Å². The number of nitrogens with zero attached hydrogens (tertiary/aromatic N) is 2. The van der Waals surface area contributed by atoms with Crippen molar-refractivity contribution in [3.05, 3.63) is 39.8 Å². The van der Waals surface area contributed by atoms with E-state index >= 15 is 0 Å². The molecule has 0 aliphatic carbocycles. The van der Waals surface area contributed by atoms with Crippen LogP contribution in [0.4, 0.5) is 0 Å². The minimum Gasteiger partial charge on any atom is -0.313 e. The fraction of sp³-hybridized carbons (Fsp3) is 0. The second-order valence-electron chi connectivity index (χ2n) is 2.57. The van der Waals surface area contributed by atoms with Gasteiger partial charge in [0.1, 0.15) is 10.9 Å². The van der Waals surface area contributed by atoms with Crippen LogP contribution in [0.25, 0.3) is 10.6 Å². The van der Waals surface area contributed by atoms with E-state index in [2.05, 4.69) is 9.97 Å². The van der Waals surface area contributed by atoms with E-state index in [9.17, 15) is 4.79 Å². The van der Waals surface area contributed by atoms with Crippen LogP contribution < -0.4 is 5.56 Å². The van der Waals surface area contributed by atoms with Gasteiger partial charge in [0.15, 0.2) is 0 Å². The van der Waals surface area contributed by atoms with Crippen LogP contribution in [0.3, 0.4) is 0 Å². The van der Waals surface area contributed by atoms with Crippen LogP contribution in [-0.4, -0.2) is 9.97 Å². The van der Waals surface area contributed by atoms with Gasteiger partial charge in [-0.05, 0) is 12.1 Å². The Labute approximate surface area is 83.5 Å². The highest BCUT2D eigenvalue weighted by Crippen LogP contribution is 2.24. The average molecular weight is 203 g/mol. The molecular formula is C9H5N3OS. The smallest absolute Gasteiger partial charge is 0.251 e. The summed E-state index contributed by atoms with van der Waals surface area (Å²) in [4.78, 5) is 18.9. The van der Waals surface area contributed by atoms with Gasteiger partial charge in [-0.1, -0.05) is 0 Å². The molecular weight excluding hydrogens is 198 g/mol. The molecule has 0 aliphatic heterocycles. The Hall–Kier alpha value is -1.93. The van der Waals surface area contributed by atoms with Crippen molar-refractivity contribution >= 4 is 11.3 Å². The van der Waals surface area contributed by atoms with Crippen molar-refractivity contribution < 1.29 is 0 Å². The van der Waals surface area contributed by atoms with Gasteiger partial charge < -0.3 is 4.98 Å². The van der Waals surface area contributed by atoms with Gasteiger partial charge >= 0.3 is 0 Å². The second-order valence-corrected chi connectivity index (χ2v) is 3.66. The van der Waals surface area contributed by atoms with Gasteiger partial charge in [0.25, 0.3) is 5.56 Å². The van der Waals surface area contributed by atoms with E-state index < -0.39 is 0 Å². The summed E-state index contributed by atoms with van der Waals surface area (Å²) in [6.07, 6.45) is 1.35. The summed E-state index contributed by atoms with van der Waals surface area (Å²) in [5, 5.41) is 8.62. The molecule has 0 fully saturated rings. The Balaban J connectivity index is 2.50. The van der Waals surface area contributed by atoms with Crippen molar-refractivity contribution in [2.75, 3.05) is 0 Å². The molecule has 2 aromatic heterocycles. The molecule has 0 bridgehead atoms. The van der Waals surface area contributed by atoms with Gasteiger partial charge in [-0.25, -0.2) is 4.98 Å². The molecule has 4 nitrogen and oxygen atoms in total. The number of hydrogen-bond acceptors (Lipinski definition) is 4. The maximum atomic E-state index is 11.0. The van der Waals surface area contributed by atoms with E-state index in [1.54, 1.807) is 12.1 Å². The molecule has 2 rings (SSSR count). The van der Waals surface area contributed by atoms with Crippen molar-refractivity contribution in [2.45, 2.75) is 0 Å². The van der Waals surface area contributed by atoms with E-state index in [0.717, 1.165) is 4.88 Å². The third kappa shape index (κ3) is 1.56. The van der Waals surface area contributed by atoms with Crippen LogP contribution in [0.2, 0.25) is 0 Å². The molecule has 0 aliphatic rings. The average Bonchev–Trinajstić information content (AvgIpc) is 2.66. The molecule has 0 saturated heterocycles. The topological polar surface area (TPSA) is 69.5 Å². The highest BCUT2D eigenvalue weighted by atomic mass is 32.1. The zero-order valence-electron chi connectivity index (χ0n) is 7.02. The number of aromatic nitrogens is 2. The van der Waals surface area contributed by atoms with Crippen molar-refractivity contribution in [1.29, 1.82) is 5.26 Å². The number of H-pyrrole nitrogens is 1. The summed E-state index contributed by atoms with van der Waals surface area (Å²) in [5.74, 6) is 0. The van der Waals surface area contributed by atoms with Crippen molar-refractivity contribution in [3.8, 4) is 16.6 Å². The Morgan fingerprint density at radius 2 is 2.36 bits per heavy atom. The van der Waals surface area contributed by atoms with Gasteiger partial charge in [0, 0.05) is 6.07 Å². The summed E-state index contributed by atoms with van der Waals surface area (Å²) >= 11 is 1.32. The lowest BCUT2D eigenvalue weighted by molar-refractivity contribution is 1.13. The van der Waals surface area contributed by atoms with E-state index in [1.807, 2.05) is 6.07 Å². The van der Waals surface area contributed by atoms with Crippen LogP contribution in [0.15, 0.2) is 29.3 Å². The minimum absolute atomic E-state index is 0.193. The molecule has 0 amide bonds. The number of aromatic amines is 1. The number of nitriles is 1. The van der Waals surface area contributed by atoms with Gasteiger partial charge in [-0.2, -0.15) is 5.26 Å². The van der Waals surface area contributed by atoms with Gasteiger partial charge in [0.2, 0.25) is 0 Å². The standard InChI is InChI=1S/C9H5N3OS/c10-4-6-1-2-8(14-6)7-3-9(13)12-5-11-7/h1-3,5H,(H,11,12,13). The fourth-order valence-electron chi connectivity index (χ4n) is 1.04. The molecule has 0 aromatic carbocycles. The molecule has 0 atom stereocenters. The number of nitrogens with one attached hydrogen (secondary N) is 1. The van der Waals surface area contributed by atoms with Crippen LogP contribution in [0.1, 0.15) is 4.88 Å². The Kier molecular flexibility index (Phi) is 2.13. The summed E-state index contributed by atoms with van der Waals surface area (Å²) in [6, 6.07) is 6.94. The predicted octanol–water partition coefficient (Wildman–Crippen LogP) is 1.37. The van der Waals surface area contributed by atoms with Crippen LogP contribution in [0, 0.1) is 11.3 Å². The molecule has 0 unspecified atom stereocenters. The molecule has 1 N–H and O–H groups in total. The van der Waals surface area contributed by atoms with E-state index in [0.29, 0.717) is 10.6 Å². The lowest BCUT2D eigenvalue weighted by Gasteiger charge is -1.92. The zero-order valence-corrected chi connectivity index (χ0v) is 7.84. The van der Waals surface area contributed by atoms with Crippen LogP contribution >= 0.6 is 11.3 Å². The van der Waals surface area contributed by atoms with Gasteiger partial charge in [-0.15, -0.1) is 11.3 Å². The van der Waals surface area contributed by atoms with Gasteiger partial charge in [-0.3, -0.25) is 4.79 Å². The molecule has 0 radical (unpaired) electrons. The summed E-state index contributed by atoms with van der Waals surface area (Å²) < 4.78 is 0. The molecule has 2 heterocycles. The lowest BCUT2D eigenvalue weighted by atomic mass is 10.3. The molecule has 0 saturated carbocycles. The summed E-state index contributed by atoms with van der Waals surface area (Å²) in [7, 11) is 0. The lowest BCUT2D eigenvalue weighted by Crippen LogP contribution is -2.03. The Morgan fingerprint density at radius 1 is 1.50 bits per heavy atom. The first-order valence-electron chi connectivity index (χ1n) is 3.84. The monoisotopic (exact) mass is 203 g/mol. The van der Waals surface area contributed by atoms with E-state index in [1.165, 1.54) is 23.7 Å². The Morgan fingerprint density at radius 3 is 3.00 bits per heavy atom. The number of rotatable bonds is 1. The fourth-order valence-corrected chi connectivity index (χ4v) is 1.81. The van der Waals surface area contributed by atoms with Crippen LogP contribution in [-0.2, 0) is 0 Å². The molecule has 14 heavy (non-hydrogen) atoms. The molecule has 2 aromatic rings. The largest absolute Gasteiger partial charge is 0.313 e. The first kappa shape index (κ1) is 8.66. The highest BCUT2D eigenvalue weighted by molar-refractivity contribution is 7.15. The number of hydrogen-bond donors (Lipinski definition) is 1. The molecule has 5 heteroatoms. The normalized spacial score (nSPS) is 9.64. The van der Waals surface area contributed by atoms with E-state index in [-0.39, 0.29) is 5.56 Å². The highest BCUT2D eigenvalue weighted by Gasteiger charge is 2.03. The first-order valence-corrected chi connectivity index (χ1v) is 4.66. The predicted molar refractivity (Wildman–Crippen MR) is 52.9 cm³/mol. The zero-order chi connectivity index (χ0) is 9.97. The van der Waals surface area contributed by atoms with Crippen molar-refractivity contribution in [1.82, 2.24) is 9.97 Å². The molecule has 68 valence electrons. The van der Waals surface area contributed by atoms with E-state index in [4.69, 9.17) is 5.26 Å². The van der Waals surface area contributed by atoms with Gasteiger partial charge in [0.05, 0.1) is 16.9 Å². The summed E-state index contributed by atoms with van der Waals surface area (Å²) in [6.45, 7) is 0. The van der Waals surface area contributed by atoms with Crippen LogP contribution in [0.5, 0.6) is 0 Å². The third-order valence-electron chi connectivity index (χ3n) is 1.65. The Bertz CT molecular complexity index is 549. The minimum atomic E-state index is -0.193.